The zero-order chi connectivity index (χ0) is 33.8. The molecule has 2 aromatic carbocycles. The summed E-state index contributed by atoms with van der Waals surface area (Å²) in [5, 5.41) is 12.6. The number of fused-ring (bicyclic) bond motifs is 1. The van der Waals surface area contributed by atoms with Gasteiger partial charge in [-0.3, -0.25) is 9.89 Å². The molecule has 0 aliphatic carbocycles. The monoisotopic (exact) mass is 669 g/mol. The molecule has 0 saturated carbocycles. The number of aldehydes is 1. The molecule has 8 nitrogen and oxygen atoms in total. The summed E-state index contributed by atoms with van der Waals surface area (Å²) >= 11 is 6.37. The summed E-state index contributed by atoms with van der Waals surface area (Å²) < 4.78 is 25.9. The Labute approximate surface area is 285 Å². The van der Waals surface area contributed by atoms with E-state index in [0.717, 1.165) is 124 Å². The number of hydrogen-bond acceptors (Lipinski definition) is 7. The molecule has 0 radical (unpaired) electrons. The molecule has 2 fully saturated rings. The third-order valence-electron chi connectivity index (χ3n) is 9.26. The number of benzene rings is 2. The third-order valence-corrected chi connectivity index (χ3v) is 9.57. The number of carbonyl (C=O) groups excluding carboxylic acids is 1. The lowest BCUT2D eigenvalue weighted by Crippen LogP contribution is -2.41. The van der Waals surface area contributed by atoms with Crippen LogP contribution in [-0.2, 0) is 9.47 Å². The molecule has 2 aliphatic heterocycles. The van der Waals surface area contributed by atoms with Gasteiger partial charge in [0, 0.05) is 62.4 Å². The number of anilines is 2. The highest BCUT2D eigenvalue weighted by atomic mass is 35.5. The minimum absolute atomic E-state index is 0.109. The second kappa shape index (κ2) is 18.5. The van der Waals surface area contributed by atoms with Crippen molar-refractivity contribution in [2.75, 3.05) is 56.2 Å². The van der Waals surface area contributed by atoms with Gasteiger partial charge in [0.15, 0.2) is 12.6 Å². The highest BCUT2D eigenvalue weighted by Gasteiger charge is 2.28. The Balaban J connectivity index is 0.000000217. The fourth-order valence-corrected chi connectivity index (χ4v) is 6.55. The summed E-state index contributed by atoms with van der Waals surface area (Å²) in [6.07, 6.45) is 8.97. The average Bonchev–Trinajstić information content (AvgIpc) is 3.55. The van der Waals surface area contributed by atoms with Gasteiger partial charge in [-0.05, 0) is 88.4 Å². The van der Waals surface area contributed by atoms with Crippen LogP contribution in [0.1, 0.15) is 88.2 Å². The lowest BCUT2D eigenvalue weighted by molar-refractivity contribution is -0.177. The minimum atomic E-state index is -0.455. The predicted octanol–water partition coefficient (Wildman–Crippen LogP) is 8.25. The van der Waals surface area contributed by atoms with E-state index in [0.29, 0.717) is 18.2 Å². The van der Waals surface area contributed by atoms with Crippen LogP contribution in [0, 0.1) is 11.7 Å². The highest BCUT2D eigenvalue weighted by Crippen LogP contribution is 2.36. The van der Waals surface area contributed by atoms with Gasteiger partial charge in [0.2, 0.25) is 0 Å². The first kappa shape index (κ1) is 36.8. The molecule has 2 aliphatic rings. The normalized spacial score (nSPS) is 16.1. The number of rotatable bonds is 14. The van der Waals surface area contributed by atoms with Crippen LogP contribution in [0.2, 0.25) is 5.02 Å². The van der Waals surface area contributed by atoms with Crippen molar-refractivity contribution in [2.24, 2.45) is 5.92 Å². The standard InChI is InChI=1S/C21H32FNO3.C16H21ClN4/c1-3-5-13-25-21(26-14-6-4-2)17-9-11-23(12-10-17)19-8-7-18(16-24)20(22)15-19;1-10(2)15-14-12(17)4-5-13(16(14)20-19-15)21-8-6-11(18-3)7-9-21/h7-8,15-17,21H,3-6,9-14H2,1-2H3;4-5,11,18H,1,6-9H2,2-3H3,(H,19,20). The number of hydrogen-bond donors (Lipinski definition) is 2. The first-order valence-corrected chi connectivity index (χ1v) is 17.7. The van der Waals surface area contributed by atoms with Crippen molar-refractivity contribution in [3.8, 4) is 0 Å². The number of piperidine rings is 2. The molecule has 2 saturated heterocycles. The number of aromatic nitrogens is 2. The van der Waals surface area contributed by atoms with Gasteiger partial charge in [0.05, 0.1) is 27.5 Å². The van der Waals surface area contributed by atoms with E-state index in [9.17, 15) is 9.18 Å². The van der Waals surface area contributed by atoms with Crippen molar-refractivity contribution in [3.05, 3.63) is 59.0 Å². The Hall–Kier alpha value is -2.98. The Kier molecular flexibility index (Phi) is 14.5. The number of nitrogens with zero attached hydrogens (tertiary/aromatic N) is 3. The van der Waals surface area contributed by atoms with E-state index >= 15 is 0 Å². The van der Waals surface area contributed by atoms with E-state index in [4.69, 9.17) is 21.1 Å². The van der Waals surface area contributed by atoms with Crippen LogP contribution in [0.5, 0.6) is 0 Å². The first-order valence-electron chi connectivity index (χ1n) is 17.3. The number of nitrogens with one attached hydrogen (secondary N) is 2. The van der Waals surface area contributed by atoms with Crippen LogP contribution >= 0.6 is 11.6 Å². The Morgan fingerprint density at radius 3 is 2.26 bits per heavy atom. The van der Waals surface area contributed by atoms with Crippen LogP contribution < -0.4 is 15.1 Å². The topological polar surface area (TPSA) is 82.7 Å². The molecule has 0 bridgehead atoms. The summed E-state index contributed by atoms with van der Waals surface area (Å²) in [6, 6.07) is 9.50. The molecule has 1 aromatic heterocycles. The SMILES string of the molecule is C=C(C)c1n[nH]c2c(N3CCC(NC)CC3)ccc(Cl)c12.CCCCOC(OCCCC)C1CCN(c2ccc(C=O)c(F)c2)CC1. The summed E-state index contributed by atoms with van der Waals surface area (Å²) in [4.78, 5) is 15.3. The van der Waals surface area contributed by atoms with Crippen molar-refractivity contribution in [1.82, 2.24) is 15.5 Å². The molecule has 0 unspecified atom stereocenters. The van der Waals surface area contributed by atoms with Gasteiger partial charge < -0.3 is 24.6 Å². The zero-order valence-electron chi connectivity index (χ0n) is 28.6. The predicted molar refractivity (Wildman–Crippen MR) is 192 cm³/mol. The molecule has 0 amide bonds. The molecule has 10 heteroatoms. The smallest absolute Gasteiger partial charge is 0.160 e. The Morgan fingerprint density at radius 1 is 1.06 bits per heavy atom. The van der Waals surface area contributed by atoms with Crippen molar-refractivity contribution in [1.29, 1.82) is 0 Å². The van der Waals surface area contributed by atoms with Gasteiger partial charge in [-0.15, -0.1) is 0 Å². The Morgan fingerprint density at radius 2 is 1.70 bits per heavy atom. The van der Waals surface area contributed by atoms with Crippen molar-refractivity contribution >= 4 is 45.7 Å². The second-order valence-electron chi connectivity index (χ2n) is 12.7. The maximum Gasteiger partial charge on any atom is 0.160 e. The number of H-pyrrole nitrogens is 1. The summed E-state index contributed by atoms with van der Waals surface area (Å²) in [6.45, 7) is 15.5. The largest absolute Gasteiger partial charge is 0.371 e. The van der Waals surface area contributed by atoms with Crippen LogP contribution in [0.4, 0.5) is 15.8 Å². The number of aromatic amines is 1. The summed E-state index contributed by atoms with van der Waals surface area (Å²) in [5.74, 6) is -0.0812. The zero-order valence-corrected chi connectivity index (χ0v) is 29.4. The number of allylic oxidation sites excluding steroid dienone is 1. The van der Waals surface area contributed by atoms with Crippen LogP contribution in [-0.4, -0.2) is 75.3 Å². The molecule has 258 valence electrons. The number of carbonyl (C=O) groups is 1. The van der Waals surface area contributed by atoms with Gasteiger partial charge in [-0.1, -0.05) is 44.9 Å². The highest BCUT2D eigenvalue weighted by molar-refractivity contribution is 6.36. The molecular weight excluding hydrogens is 617 g/mol. The fraction of sp³-hybridized carbons (Fsp3) is 0.568. The molecule has 0 spiro atoms. The minimum Gasteiger partial charge on any atom is -0.371 e. The fourth-order valence-electron chi connectivity index (χ4n) is 6.31. The van der Waals surface area contributed by atoms with E-state index in [1.165, 1.54) is 11.8 Å². The average molecular weight is 670 g/mol. The lowest BCUT2D eigenvalue weighted by atomic mass is 9.95. The van der Waals surface area contributed by atoms with Gasteiger partial charge >= 0.3 is 0 Å². The van der Waals surface area contributed by atoms with E-state index in [2.05, 4.69) is 51.8 Å². The van der Waals surface area contributed by atoms with Crippen molar-refractivity contribution < 1.29 is 18.7 Å². The van der Waals surface area contributed by atoms with E-state index < -0.39 is 5.82 Å². The molecule has 5 rings (SSSR count). The van der Waals surface area contributed by atoms with Gasteiger partial charge in [0.25, 0.3) is 0 Å². The lowest BCUT2D eigenvalue weighted by Gasteiger charge is -2.37. The summed E-state index contributed by atoms with van der Waals surface area (Å²) in [7, 11) is 2.04. The van der Waals surface area contributed by atoms with E-state index in [-0.39, 0.29) is 11.9 Å². The van der Waals surface area contributed by atoms with E-state index in [1.54, 1.807) is 6.07 Å². The van der Waals surface area contributed by atoms with Gasteiger partial charge in [0.1, 0.15) is 5.82 Å². The molecule has 3 aromatic rings. The third kappa shape index (κ3) is 9.78. The number of ether oxygens (including phenoxy) is 2. The molecule has 47 heavy (non-hydrogen) atoms. The first-order chi connectivity index (χ1) is 22.8. The van der Waals surface area contributed by atoms with Crippen LogP contribution in [0.15, 0.2) is 36.9 Å². The molecule has 0 atom stereocenters. The van der Waals surface area contributed by atoms with Crippen LogP contribution in [0.25, 0.3) is 16.5 Å². The maximum absolute atomic E-state index is 13.9. The van der Waals surface area contributed by atoms with E-state index in [1.807, 2.05) is 26.1 Å². The molecule has 3 heterocycles. The Bertz CT molecular complexity index is 1420. The quantitative estimate of drug-likeness (QED) is 0.102. The van der Waals surface area contributed by atoms with Gasteiger partial charge in [-0.25, -0.2) is 4.39 Å². The number of unbranched alkanes of at least 4 members (excludes halogenated alkanes) is 2. The summed E-state index contributed by atoms with van der Waals surface area (Å²) in [5.41, 5.74) is 4.93. The van der Waals surface area contributed by atoms with Crippen LogP contribution in [0.3, 0.4) is 0 Å². The van der Waals surface area contributed by atoms with Crippen molar-refractivity contribution in [2.45, 2.75) is 84.5 Å². The molecule has 2 N–H and O–H groups in total. The number of halogens is 2. The molecular formula is C37H53ClFN5O3. The second-order valence-corrected chi connectivity index (χ2v) is 13.1. The maximum atomic E-state index is 13.9. The van der Waals surface area contributed by atoms with Gasteiger partial charge in [-0.2, -0.15) is 5.10 Å². The van der Waals surface area contributed by atoms with Crippen molar-refractivity contribution in [3.63, 3.8) is 0 Å².